The van der Waals surface area contributed by atoms with Crippen LogP contribution in [0, 0.1) is 5.82 Å². The average molecular weight is 787 g/mol. The topological polar surface area (TPSA) is 80.7 Å². The summed E-state index contributed by atoms with van der Waals surface area (Å²) in [5, 5.41) is 10.7. The minimum atomic E-state index is -4.65. The van der Waals surface area contributed by atoms with Gasteiger partial charge >= 0.3 is 12.3 Å². The van der Waals surface area contributed by atoms with E-state index in [2.05, 4.69) is 4.90 Å². The lowest BCUT2D eigenvalue weighted by Crippen LogP contribution is -2.65. The highest BCUT2D eigenvalue weighted by Gasteiger charge is 2.47. The van der Waals surface area contributed by atoms with Gasteiger partial charge in [0.15, 0.2) is 6.29 Å². The molecule has 0 aliphatic carbocycles. The van der Waals surface area contributed by atoms with E-state index in [4.69, 9.17) is 18.9 Å². The number of morpholine rings is 1. The number of hydrogen-bond donors (Lipinski definition) is 1. The van der Waals surface area contributed by atoms with Crippen LogP contribution < -0.4 is 4.74 Å². The van der Waals surface area contributed by atoms with Crippen molar-refractivity contribution in [1.29, 1.82) is 0 Å². The molecule has 1 N–H and O–H groups in total. The molecule has 0 aromatic heterocycles. The third kappa shape index (κ3) is 12.1. The molecule has 0 saturated carbocycles. The molecule has 1 amide bonds. The number of carboxylic acid groups (broad SMARTS) is 1. The quantitative estimate of drug-likeness (QED) is 0.0942. The zero-order chi connectivity index (χ0) is 40.2. The largest absolute Gasteiger partial charge is 0.489 e. The second-order valence-corrected chi connectivity index (χ2v) is 14.1. The van der Waals surface area contributed by atoms with E-state index in [9.17, 15) is 23.1 Å². The first-order valence-corrected chi connectivity index (χ1v) is 18.8. The molecule has 1 aliphatic rings. The number of hydrogen-bond acceptors (Lipinski definition) is 6. The number of amides is 1. The lowest BCUT2D eigenvalue weighted by molar-refractivity contribution is -0.268. The average Bonchev–Trinajstić information content (AvgIpc) is 3.20. The summed E-state index contributed by atoms with van der Waals surface area (Å²) < 4.78 is 79.1. The first-order chi connectivity index (χ1) is 27.5. The molecule has 5 aromatic carbocycles. The van der Waals surface area contributed by atoms with E-state index in [1.165, 1.54) is 19.1 Å². The van der Waals surface area contributed by atoms with Gasteiger partial charge in [-0.05, 0) is 53.3 Å². The van der Waals surface area contributed by atoms with Gasteiger partial charge < -0.3 is 24.1 Å². The molecule has 0 radical (unpaired) electrons. The molecule has 6 rings (SSSR count). The Labute approximate surface area is 330 Å². The zero-order valence-corrected chi connectivity index (χ0v) is 31.5. The van der Waals surface area contributed by atoms with E-state index in [-0.39, 0.29) is 26.2 Å². The molecule has 57 heavy (non-hydrogen) atoms. The lowest BCUT2D eigenvalue weighted by Gasteiger charge is -2.49. The molecular weight excluding hydrogens is 740 g/mol. The molecule has 1 saturated heterocycles. The van der Waals surface area contributed by atoms with Crippen molar-refractivity contribution in [2.24, 2.45) is 0 Å². The standard InChI is InChI=1S/C45H46F4N2O6/c1-32-43(57-31-45(47,48)49)56-30-41(51(32)44(52)53)42(55-29-36-20-12-5-13-21-36)40(50(26-33-14-6-2-7-15-33)27-34-16-8-3-9-17-34)24-37-22-38(46)25-39(23-37)54-28-35-18-10-4-11-19-35/h2-23,25,32,40-43H,24,26-31H2,1H3,(H,52,53)/t32-,40-,41+,42-,43-/m0/s1. The summed E-state index contributed by atoms with van der Waals surface area (Å²) in [5.41, 5.74) is 4.23. The van der Waals surface area contributed by atoms with Gasteiger partial charge in [0.25, 0.3) is 0 Å². The van der Waals surface area contributed by atoms with Crippen LogP contribution in [-0.4, -0.2) is 70.9 Å². The molecule has 300 valence electrons. The molecule has 1 aliphatic heterocycles. The van der Waals surface area contributed by atoms with Gasteiger partial charge in [0, 0.05) is 25.2 Å². The van der Waals surface area contributed by atoms with Crippen LogP contribution in [0.2, 0.25) is 0 Å². The van der Waals surface area contributed by atoms with Crippen LogP contribution in [-0.2, 0) is 46.9 Å². The summed E-state index contributed by atoms with van der Waals surface area (Å²) in [6.07, 6.45) is -8.29. The Balaban J connectivity index is 1.43. The van der Waals surface area contributed by atoms with Gasteiger partial charge in [0.2, 0.25) is 0 Å². The molecular formula is C45H46F4N2O6. The van der Waals surface area contributed by atoms with Crippen LogP contribution in [0.25, 0.3) is 0 Å². The third-order valence-electron chi connectivity index (χ3n) is 9.85. The summed E-state index contributed by atoms with van der Waals surface area (Å²) in [7, 11) is 0. The van der Waals surface area contributed by atoms with Crippen molar-refractivity contribution >= 4 is 6.09 Å². The SMILES string of the molecule is C[C@H]1[C@H](OCC(F)(F)F)OC[C@H]([C@@H](OCc2ccccc2)[C@H](Cc2cc(F)cc(OCc3ccccc3)c2)N(Cc2ccccc2)Cc2ccccc2)N1C(=O)O. The predicted molar refractivity (Wildman–Crippen MR) is 207 cm³/mol. The van der Waals surface area contributed by atoms with Crippen LogP contribution >= 0.6 is 0 Å². The Morgan fingerprint density at radius 1 is 0.789 bits per heavy atom. The van der Waals surface area contributed by atoms with Crippen molar-refractivity contribution in [3.63, 3.8) is 0 Å². The maximum absolute atomic E-state index is 15.5. The van der Waals surface area contributed by atoms with E-state index in [1.807, 2.05) is 121 Å². The van der Waals surface area contributed by atoms with Gasteiger partial charge in [0.05, 0.1) is 31.4 Å². The summed E-state index contributed by atoms with van der Waals surface area (Å²) >= 11 is 0. The van der Waals surface area contributed by atoms with Gasteiger partial charge in [0.1, 0.15) is 24.8 Å². The van der Waals surface area contributed by atoms with Crippen molar-refractivity contribution in [1.82, 2.24) is 9.80 Å². The Morgan fingerprint density at radius 3 is 1.84 bits per heavy atom. The summed E-state index contributed by atoms with van der Waals surface area (Å²) in [6.45, 7) is 0.609. The van der Waals surface area contributed by atoms with Crippen molar-refractivity contribution in [2.45, 2.75) is 76.3 Å². The molecule has 5 aromatic rings. The third-order valence-corrected chi connectivity index (χ3v) is 9.85. The Hall–Kier alpha value is -5.27. The summed E-state index contributed by atoms with van der Waals surface area (Å²) in [5.74, 6) is -0.196. The molecule has 0 spiro atoms. The second kappa shape index (κ2) is 19.7. The van der Waals surface area contributed by atoms with Crippen LogP contribution in [0.1, 0.15) is 34.7 Å². The van der Waals surface area contributed by atoms with Gasteiger partial charge in [-0.2, -0.15) is 13.2 Å². The molecule has 1 fully saturated rings. The number of nitrogens with zero attached hydrogens (tertiary/aromatic N) is 2. The van der Waals surface area contributed by atoms with Crippen LogP contribution in [0.15, 0.2) is 140 Å². The van der Waals surface area contributed by atoms with E-state index in [1.54, 1.807) is 6.07 Å². The Morgan fingerprint density at radius 2 is 1.32 bits per heavy atom. The van der Waals surface area contributed by atoms with Gasteiger partial charge in [-0.3, -0.25) is 9.80 Å². The Bertz CT molecular complexity index is 1930. The minimum Gasteiger partial charge on any atom is -0.489 e. The Kier molecular flexibility index (Phi) is 14.3. The maximum atomic E-state index is 15.5. The highest BCUT2D eigenvalue weighted by atomic mass is 19.4. The molecule has 5 atom stereocenters. The van der Waals surface area contributed by atoms with Crippen molar-refractivity contribution < 1.29 is 46.4 Å². The highest BCUT2D eigenvalue weighted by Crippen LogP contribution is 2.32. The van der Waals surface area contributed by atoms with Gasteiger partial charge in [-0.1, -0.05) is 121 Å². The van der Waals surface area contributed by atoms with E-state index >= 15 is 4.39 Å². The molecule has 0 bridgehead atoms. The normalized spacial score (nSPS) is 18.3. The van der Waals surface area contributed by atoms with Crippen LogP contribution in [0.4, 0.5) is 22.4 Å². The number of alkyl halides is 3. The fourth-order valence-corrected chi connectivity index (χ4v) is 7.21. The first kappa shape index (κ1) is 41.4. The number of ether oxygens (including phenoxy) is 4. The van der Waals surface area contributed by atoms with Crippen molar-refractivity contribution in [2.75, 3.05) is 13.2 Å². The monoisotopic (exact) mass is 786 g/mol. The second-order valence-electron chi connectivity index (χ2n) is 14.1. The van der Waals surface area contributed by atoms with Crippen molar-refractivity contribution in [3.05, 3.63) is 173 Å². The number of rotatable bonds is 17. The highest BCUT2D eigenvalue weighted by molar-refractivity contribution is 5.66. The molecule has 1 heterocycles. The fourth-order valence-electron chi connectivity index (χ4n) is 7.21. The first-order valence-electron chi connectivity index (χ1n) is 18.8. The maximum Gasteiger partial charge on any atom is 0.411 e. The van der Waals surface area contributed by atoms with Gasteiger partial charge in [-0.15, -0.1) is 0 Å². The molecule has 8 nitrogen and oxygen atoms in total. The zero-order valence-electron chi connectivity index (χ0n) is 31.5. The fraction of sp³-hybridized carbons (Fsp3) is 0.311. The number of benzene rings is 5. The summed E-state index contributed by atoms with van der Waals surface area (Å²) in [6, 6.07) is 40.1. The van der Waals surface area contributed by atoms with Crippen LogP contribution in [0.3, 0.4) is 0 Å². The van der Waals surface area contributed by atoms with E-state index < -0.39 is 55.2 Å². The minimum absolute atomic E-state index is 0.0768. The van der Waals surface area contributed by atoms with E-state index in [0.29, 0.717) is 24.4 Å². The molecule has 0 unspecified atom stereocenters. The van der Waals surface area contributed by atoms with Crippen LogP contribution in [0.5, 0.6) is 5.75 Å². The van der Waals surface area contributed by atoms with E-state index in [0.717, 1.165) is 27.2 Å². The van der Waals surface area contributed by atoms with Gasteiger partial charge in [-0.25, -0.2) is 9.18 Å². The number of carbonyl (C=O) groups is 1. The number of halogens is 4. The van der Waals surface area contributed by atoms with Crippen molar-refractivity contribution in [3.8, 4) is 5.75 Å². The molecule has 12 heteroatoms. The smallest absolute Gasteiger partial charge is 0.411 e. The predicted octanol–water partition coefficient (Wildman–Crippen LogP) is 9.28. The summed E-state index contributed by atoms with van der Waals surface area (Å²) in [4.78, 5) is 16.4. The lowest BCUT2D eigenvalue weighted by atomic mass is 9.91.